The largest absolute Gasteiger partial charge is 0.491 e. The smallest absolute Gasteiger partial charge is 0.295 e. The first kappa shape index (κ1) is 24.6. The zero-order valence-electron chi connectivity index (χ0n) is 19.6. The molecule has 0 saturated carbocycles. The Labute approximate surface area is 204 Å². The Hall–Kier alpha value is -3.50. The van der Waals surface area contributed by atoms with Gasteiger partial charge in [0.05, 0.1) is 22.8 Å². The molecule has 9 nitrogen and oxygen atoms in total. The van der Waals surface area contributed by atoms with Gasteiger partial charge < -0.3 is 23.5 Å². The second-order valence-corrected chi connectivity index (χ2v) is 10.1. The Morgan fingerprint density at radius 2 is 1.77 bits per heavy atom. The lowest BCUT2D eigenvalue weighted by molar-refractivity contribution is -0.134. The minimum absolute atomic E-state index is 0.0159. The maximum atomic E-state index is 13.1. The number of nitrogens with zero attached hydrogens (tertiary/aromatic N) is 2. The van der Waals surface area contributed by atoms with E-state index < -0.39 is 10.0 Å². The van der Waals surface area contributed by atoms with Crippen LogP contribution in [0.15, 0.2) is 70.2 Å². The number of anilines is 1. The van der Waals surface area contributed by atoms with Crippen LogP contribution in [0.3, 0.4) is 0 Å². The topological polar surface area (TPSA) is 98.5 Å². The first-order valence-electron chi connectivity index (χ1n) is 11.3. The van der Waals surface area contributed by atoms with E-state index in [4.69, 9.17) is 13.9 Å². The number of rotatable bonds is 10. The van der Waals surface area contributed by atoms with Crippen LogP contribution in [0.25, 0.3) is 11.3 Å². The average molecular weight is 501 g/mol. The summed E-state index contributed by atoms with van der Waals surface area (Å²) in [5, 5.41) is 0. The lowest BCUT2D eigenvalue weighted by Gasteiger charge is -2.35. The summed E-state index contributed by atoms with van der Waals surface area (Å²) in [7, 11) is -3.61. The fourth-order valence-electron chi connectivity index (χ4n) is 3.89. The number of piperazine rings is 1. The Morgan fingerprint density at radius 1 is 1.03 bits per heavy atom. The lowest BCUT2D eigenvalue weighted by atomic mass is 10.1. The number of hydrogen-bond acceptors (Lipinski definition) is 8. The van der Waals surface area contributed by atoms with E-state index in [1.165, 1.54) is 4.31 Å². The number of carbonyl (C=O) groups excluding carboxylic acids is 1. The molecule has 0 unspecified atom stereocenters. The highest BCUT2D eigenvalue weighted by atomic mass is 32.2. The van der Waals surface area contributed by atoms with Gasteiger partial charge in [0.1, 0.15) is 17.3 Å². The van der Waals surface area contributed by atoms with Crippen molar-refractivity contribution in [2.75, 3.05) is 37.9 Å². The van der Waals surface area contributed by atoms with Gasteiger partial charge in [-0.15, -0.1) is 0 Å². The van der Waals surface area contributed by atoms with Gasteiger partial charge in [-0.2, -0.15) is 4.31 Å². The molecule has 2 aromatic carbocycles. The number of sulfonamides is 1. The molecule has 0 bridgehead atoms. The molecule has 0 N–H and O–H groups in total. The normalized spacial score (nSPS) is 14.7. The van der Waals surface area contributed by atoms with Crippen molar-refractivity contribution in [2.45, 2.75) is 24.8 Å². The van der Waals surface area contributed by atoms with Crippen LogP contribution >= 0.6 is 0 Å². The highest BCUT2D eigenvalue weighted by molar-refractivity contribution is 7.89. The van der Waals surface area contributed by atoms with Gasteiger partial charge in [0.25, 0.3) is 6.47 Å². The van der Waals surface area contributed by atoms with E-state index in [0.29, 0.717) is 49.9 Å². The van der Waals surface area contributed by atoms with Gasteiger partial charge >= 0.3 is 0 Å². The summed E-state index contributed by atoms with van der Waals surface area (Å²) in [6.45, 7) is 5.64. The van der Waals surface area contributed by atoms with Gasteiger partial charge in [0.15, 0.2) is 0 Å². The molecule has 0 radical (unpaired) electrons. The molecule has 1 fully saturated rings. The summed E-state index contributed by atoms with van der Waals surface area (Å²) >= 11 is 0. The summed E-state index contributed by atoms with van der Waals surface area (Å²) in [6, 6.07) is 15.8. The number of benzene rings is 2. The Bertz CT molecular complexity index is 1220. The number of furan rings is 1. The van der Waals surface area contributed by atoms with Gasteiger partial charge in [-0.05, 0) is 62.4 Å². The van der Waals surface area contributed by atoms with Crippen LogP contribution in [-0.2, 0) is 19.6 Å². The third-order valence-corrected chi connectivity index (χ3v) is 7.45. The SMILES string of the molecule is CC(C)Oc1ccc(S(=O)(=O)N2CCN(c3ccc(-c4ccco4)c(OCOC=O)c3)CC2)cc1. The minimum Gasteiger partial charge on any atom is -0.491 e. The summed E-state index contributed by atoms with van der Waals surface area (Å²) in [5.74, 6) is 1.76. The fourth-order valence-corrected chi connectivity index (χ4v) is 5.31. The van der Waals surface area contributed by atoms with Gasteiger partial charge in [-0.25, -0.2) is 8.42 Å². The molecule has 3 aromatic rings. The molecule has 0 atom stereocenters. The predicted octanol–water partition coefficient (Wildman–Crippen LogP) is 3.75. The van der Waals surface area contributed by atoms with E-state index >= 15 is 0 Å². The van der Waals surface area contributed by atoms with Crippen LogP contribution in [0.1, 0.15) is 13.8 Å². The molecule has 1 aliphatic rings. The van der Waals surface area contributed by atoms with Crippen LogP contribution in [0.5, 0.6) is 11.5 Å². The highest BCUT2D eigenvalue weighted by Crippen LogP contribution is 2.35. The van der Waals surface area contributed by atoms with Crippen molar-refractivity contribution in [1.82, 2.24) is 4.31 Å². The second kappa shape index (κ2) is 10.8. The molecule has 2 heterocycles. The zero-order chi connectivity index (χ0) is 24.8. The summed E-state index contributed by atoms with van der Waals surface area (Å²) in [4.78, 5) is 12.8. The van der Waals surface area contributed by atoms with Gasteiger partial charge in [-0.1, -0.05) is 0 Å². The van der Waals surface area contributed by atoms with Crippen LogP contribution in [0, 0.1) is 0 Å². The van der Waals surface area contributed by atoms with Crippen molar-refractivity contribution >= 4 is 22.2 Å². The first-order chi connectivity index (χ1) is 16.9. The fraction of sp³-hybridized carbons (Fsp3) is 0.320. The Morgan fingerprint density at radius 3 is 2.40 bits per heavy atom. The molecule has 35 heavy (non-hydrogen) atoms. The highest BCUT2D eigenvalue weighted by Gasteiger charge is 2.29. The monoisotopic (exact) mass is 500 g/mol. The van der Waals surface area contributed by atoms with Crippen LogP contribution in [0.2, 0.25) is 0 Å². The van der Waals surface area contributed by atoms with E-state index in [-0.39, 0.29) is 17.8 Å². The quantitative estimate of drug-likeness (QED) is 0.236. The molecule has 186 valence electrons. The van der Waals surface area contributed by atoms with Gasteiger partial charge in [0, 0.05) is 37.9 Å². The molecule has 1 saturated heterocycles. The second-order valence-electron chi connectivity index (χ2n) is 8.21. The van der Waals surface area contributed by atoms with Crippen LogP contribution in [-0.4, -0.2) is 58.3 Å². The van der Waals surface area contributed by atoms with E-state index in [1.54, 1.807) is 36.6 Å². The Kier molecular flexibility index (Phi) is 7.62. The van der Waals surface area contributed by atoms with Crippen LogP contribution < -0.4 is 14.4 Å². The van der Waals surface area contributed by atoms with Crippen LogP contribution in [0.4, 0.5) is 5.69 Å². The lowest BCUT2D eigenvalue weighted by Crippen LogP contribution is -2.48. The van der Waals surface area contributed by atoms with Crippen molar-refractivity contribution in [3.8, 4) is 22.8 Å². The summed E-state index contributed by atoms with van der Waals surface area (Å²) < 4.78 is 49.2. The van der Waals surface area contributed by atoms with E-state index in [2.05, 4.69) is 9.64 Å². The third-order valence-electron chi connectivity index (χ3n) is 5.54. The summed E-state index contributed by atoms with van der Waals surface area (Å²) in [5.41, 5.74) is 1.59. The molecule has 0 amide bonds. The molecule has 1 aliphatic heterocycles. The molecule has 1 aromatic heterocycles. The molecular formula is C25H28N2O7S. The summed E-state index contributed by atoms with van der Waals surface area (Å²) in [6.07, 6.45) is 1.58. The number of hydrogen-bond donors (Lipinski definition) is 0. The predicted molar refractivity (Wildman–Crippen MR) is 130 cm³/mol. The molecule has 4 rings (SSSR count). The maximum absolute atomic E-state index is 13.1. The van der Waals surface area contributed by atoms with E-state index in [9.17, 15) is 13.2 Å². The molecule has 10 heteroatoms. The van der Waals surface area contributed by atoms with Crippen molar-refractivity contribution in [2.24, 2.45) is 0 Å². The van der Waals surface area contributed by atoms with Crippen molar-refractivity contribution in [3.63, 3.8) is 0 Å². The number of carbonyl (C=O) groups is 1. The Balaban J connectivity index is 1.45. The molecular weight excluding hydrogens is 472 g/mol. The number of ether oxygens (including phenoxy) is 3. The zero-order valence-corrected chi connectivity index (χ0v) is 20.4. The standard InChI is InChI=1S/C25H28N2O7S/c1-19(2)34-21-6-8-22(9-7-21)35(29,30)27-13-11-26(12-14-27)20-5-10-23(24-4-3-15-32-24)25(16-20)33-18-31-17-28/h3-10,15-17,19H,11-14,18H2,1-2H3. The third kappa shape index (κ3) is 5.77. The average Bonchev–Trinajstić information content (AvgIpc) is 3.39. The van der Waals surface area contributed by atoms with E-state index in [0.717, 1.165) is 11.3 Å². The molecule has 0 spiro atoms. The van der Waals surface area contributed by atoms with Crippen molar-refractivity contribution in [3.05, 3.63) is 60.9 Å². The van der Waals surface area contributed by atoms with E-state index in [1.807, 2.05) is 38.1 Å². The van der Waals surface area contributed by atoms with Gasteiger partial charge in [-0.3, -0.25) is 4.79 Å². The molecule has 0 aliphatic carbocycles. The minimum atomic E-state index is -3.61. The van der Waals surface area contributed by atoms with Gasteiger partial charge in [0.2, 0.25) is 16.8 Å². The maximum Gasteiger partial charge on any atom is 0.295 e. The van der Waals surface area contributed by atoms with Crippen molar-refractivity contribution < 1.29 is 31.8 Å². The first-order valence-corrected chi connectivity index (χ1v) is 12.7. The van der Waals surface area contributed by atoms with Crippen molar-refractivity contribution in [1.29, 1.82) is 0 Å².